The van der Waals surface area contributed by atoms with Crippen molar-refractivity contribution < 1.29 is 9.90 Å². The SMILES string of the molecule is Nc1sc(-c2cc(I)ccc2Br)nc1C(=O)O. The first-order valence-electron chi connectivity index (χ1n) is 4.44. The van der Waals surface area contributed by atoms with Crippen molar-refractivity contribution >= 4 is 60.8 Å². The third kappa shape index (κ3) is 2.61. The maximum Gasteiger partial charge on any atom is 0.357 e. The smallest absolute Gasteiger partial charge is 0.357 e. The van der Waals surface area contributed by atoms with Crippen molar-refractivity contribution in [1.82, 2.24) is 4.98 Å². The summed E-state index contributed by atoms with van der Waals surface area (Å²) in [5, 5.41) is 9.72. The van der Waals surface area contributed by atoms with E-state index in [-0.39, 0.29) is 10.7 Å². The molecule has 0 unspecified atom stereocenters. The van der Waals surface area contributed by atoms with Gasteiger partial charge in [0.15, 0.2) is 5.69 Å². The molecule has 7 heteroatoms. The van der Waals surface area contributed by atoms with Gasteiger partial charge in [0, 0.05) is 13.6 Å². The number of hydrogen-bond acceptors (Lipinski definition) is 4. The molecule has 1 heterocycles. The molecule has 0 saturated carbocycles. The molecule has 88 valence electrons. The maximum absolute atomic E-state index is 10.9. The third-order valence-corrected chi connectivity index (χ3v) is 4.30. The van der Waals surface area contributed by atoms with Crippen LogP contribution in [0.15, 0.2) is 22.7 Å². The van der Waals surface area contributed by atoms with Crippen molar-refractivity contribution in [1.29, 1.82) is 0 Å². The predicted octanol–water partition coefficient (Wildman–Crippen LogP) is 3.46. The molecule has 17 heavy (non-hydrogen) atoms. The number of carbonyl (C=O) groups is 1. The van der Waals surface area contributed by atoms with Crippen LogP contribution in [-0.2, 0) is 0 Å². The fourth-order valence-corrected chi connectivity index (χ4v) is 3.17. The van der Waals surface area contributed by atoms with Crippen molar-refractivity contribution in [3.63, 3.8) is 0 Å². The van der Waals surface area contributed by atoms with Gasteiger partial charge in [-0.3, -0.25) is 0 Å². The molecule has 0 fully saturated rings. The normalized spacial score (nSPS) is 10.5. The lowest BCUT2D eigenvalue weighted by atomic mass is 10.2. The van der Waals surface area contributed by atoms with Crippen LogP contribution in [0.25, 0.3) is 10.6 Å². The number of carboxylic acid groups (broad SMARTS) is 1. The monoisotopic (exact) mass is 424 g/mol. The molecule has 0 spiro atoms. The Morgan fingerprint density at radius 2 is 2.24 bits per heavy atom. The minimum Gasteiger partial charge on any atom is -0.476 e. The minimum atomic E-state index is -1.10. The average molecular weight is 425 g/mol. The van der Waals surface area contributed by atoms with Crippen molar-refractivity contribution in [2.75, 3.05) is 5.73 Å². The Balaban J connectivity index is 2.57. The van der Waals surface area contributed by atoms with E-state index in [0.29, 0.717) is 5.01 Å². The molecule has 3 N–H and O–H groups in total. The molecule has 0 saturated heterocycles. The lowest BCUT2D eigenvalue weighted by Gasteiger charge is -2.00. The van der Waals surface area contributed by atoms with Crippen LogP contribution < -0.4 is 5.73 Å². The van der Waals surface area contributed by atoms with Gasteiger partial charge in [-0.05, 0) is 40.8 Å². The largest absolute Gasteiger partial charge is 0.476 e. The molecule has 0 aliphatic carbocycles. The van der Waals surface area contributed by atoms with E-state index in [1.54, 1.807) is 0 Å². The van der Waals surface area contributed by atoms with E-state index in [1.165, 1.54) is 11.3 Å². The van der Waals surface area contributed by atoms with E-state index in [1.807, 2.05) is 18.2 Å². The van der Waals surface area contributed by atoms with Crippen LogP contribution in [0.4, 0.5) is 5.00 Å². The molecule has 0 aliphatic heterocycles. The Hall–Kier alpha value is -0.670. The highest BCUT2D eigenvalue weighted by Crippen LogP contribution is 2.35. The third-order valence-electron chi connectivity index (χ3n) is 2.01. The Kier molecular flexibility index (Phi) is 3.69. The molecule has 0 atom stereocenters. The Bertz CT molecular complexity index is 600. The molecule has 0 aliphatic rings. The van der Waals surface area contributed by atoms with Gasteiger partial charge in [-0.15, -0.1) is 0 Å². The first-order chi connectivity index (χ1) is 7.99. The van der Waals surface area contributed by atoms with Gasteiger partial charge in [0.2, 0.25) is 0 Å². The summed E-state index contributed by atoms with van der Waals surface area (Å²) >= 11 is 6.77. The summed E-state index contributed by atoms with van der Waals surface area (Å²) in [5.74, 6) is -1.10. The summed E-state index contributed by atoms with van der Waals surface area (Å²) in [6, 6.07) is 5.77. The zero-order valence-electron chi connectivity index (χ0n) is 8.28. The quantitative estimate of drug-likeness (QED) is 0.724. The molecule has 1 aromatic heterocycles. The second kappa shape index (κ2) is 4.91. The summed E-state index contributed by atoms with van der Waals surface area (Å²) in [7, 11) is 0. The maximum atomic E-state index is 10.9. The molecule has 0 radical (unpaired) electrons. The second-order valence-corrected chi connectivity index (χ2v) is 6.29. The topological polar surface area (TPSA) is 76.2 Å². The van der Waals surface area contributed by atoms with Gasteiger partial charge in [-0.25, -0.2) is 9.78 Å². The van der Waals surface area contributed by atoms with Gasteiger partial charge >= 0.3 is 5.97 Å². The zero-order valence-corrected chi connectivity index (χ0v) is 12.8. The summed E-state index contributed by atoms with van der Waals surface area (Å²) in [5.41, 5.74) is 6.39. The molecule has 0 amide bonds. The summed E-state index contributed by atoms with van der Waals surface area (Å²) in [4.78, 5) is 14.9. The summed E-state index contributed by atoms with van der Waals surface area (Å²) in [6.45, 7) is 0. The standard InChI is InChI=1S/C10H6BrIN2O2S/c11-6-2-1-4(12)3-5(6)9-14-7(10(15)16)8(13)17-9/h1-3H,13H2,(H,15,16). The Labute approximate surface area is 123 Å². The molecule has 2 aromatic rings. The number of rotatable bonds is 2. The molecule has 4 nitrogen and oxygen atoms in total. The number of halogens is 2. The van der Waals surface area contributed by atoms with Crippen LogP contribution >= 0.6 is 49.9 Å². The average Bonchev–Trinajstić information content (AvgIpc) is 2.64. The number of nitrogens with two attached hydrogens (primary N) is 1. The number of benzene rings is 1. The molecular formula is C10H6BrIN2O2S. The summed E-state index contributed by atoms with van der Waals surface area (Å²) in [6.07, 6.45) is 0. The fourth-order valence-electron chi connectivity index (χ4n) is 1.26. The number of hydrogen-bond donors (Lipinski definition) is 2. The van der Waals surface area contributed by atoms with Crippen LogP contribution in [0.2, 0.25) is 0 Å². The molecular weight excluding hydrogens is 419 g/mol. The zero-order chi connectivity index (χ0) is 12.6. The van der Waals surface area contributed by atoms with Crippen molar-refractivity contribution in [3.05, 3.63) is 31.9 Å². The second-order valence-electron chi connectivity index (χ2n) is 3.16. The first-order valence-corrected chi connectivity index (χ1v) is 7.13. The highest BCUT2D eigenvalue weighted by atomic mass is 127. The summed E-state index contributed by atoms with van der Waals surface area (Å²) < 4.78 is 1.91. The number of thiazole rings is 1. The minimum absolute atomic E-state index is 0.0873. The van der Waals surface area contributed by atoms with Gasteiger partial charge in [0.05, 0.1) is 0 Å². The van der Waals surface area contributed by atoms with Crippen LogP contribution in [0.3, 0.4) is 0 Å². The van der Waals surface area contributed by atoms with Crippen LogP contribution in [0.1, 0.15) is 10.5 Å². The molecule has 2 rings (SSSR count). The van der Waals surface area contributed by atoms with Gasteiger partial charge in [-0.2, -0.15) is 0 Å². The Morgan fingerprint density at radius 1 is 1.53 bits per heavy atom. The molecule has 1 aromatic carbocycles. The van der Waals surface area contributed by atoms with Crippen LogP contribution in [-0.4, -0.2) is 16.1 Å². The number of nitrogen functional groups attached to an aromatic ring is 1. The highest BCUT2D eigenvalue weighted by molar-refractivity contribution is 14.1. The van der Waals surface area contributed by atoms with Crippen molar-refractivity contribution in [3.8, 4) is 10.6 Å². The van der Waals surface area contributed by atoms with Gasteiger partial charge < -0.3 is 10.8 Å². The van der Waals surface area contributed by atoms with Crippen molar-refractivity contribution in [2.24, 2.45) is 0 Å². The van der Waals surface area contributed by atoms with Crippen LogP contribution in [0.5, 0.6) is 0 Å². The van der Waals surface area contributed by atoms with E-state index in [2.05, 4.69) is 43.5 Å². The van der Waals surface area contributed by atoms with Gasteiger partial charge in [0.1, 0.15) is 10.0 Å². The van der Waals surface area contributed by atoms with E-state index >= 15 is 0 Å². The van der Waals surface area contributed by atoms with E-state index in [9.17, 15) is 4.79 Å². The number of nitrogens with zero attached hydrogens (tertiary/aromatic N) is 1. The van der Waals surface area contributed by atoms with Crippen molar-refractivity contribution in [2.45, 2.75) is 0 Å². The molecule has 0 bridgehead atoms. The van der Waals surface area contributed by atoms with E-state index in [4.69, 9.17) is 10.8 Å². The Morgan fingerprint density at radius 3 is 2.82 bits per heavy atom. The highest BCUT2D eigenvalue weighted by Gasteiger charge is 2.17. The van der Waals surface area contributed by atoms with E-state index < -0.39 is 5.97 Å². The lowest BCUT2D eigenvalue weighted by molar-refractivity contribution is 0.0692. The van der Waals surface area contributed by atoms with Crippen LogP contribution in [0, 0.1) is 3.57 Å². The first kappa shape index (κ1) is 12.8. The fraction of sp³-hybridized carbons (Fsp3) is 0. The van der Waals surface area contributed by atoms with Gasteiger partial charge in [-0.1, -0.05) is 27.3 Å². The predicted molar refractivity (Wildman–Crippen MR) is 79.3 cm³/mol. The number of aromatic carboxylic acids is 1. The lowest BCUT2D eigenvalue weighted by Crippen LogP contribution is -2.00. The number of aromatic nitrogens is 1. The number of anilines is 1. The number of carboxylic acids is 1. The van der Waals surface area contributed by atoms with E-state index in [0.717, 1.165) is 13.6 Å². The van der Waals surface area contributed by atoms with Gasteiger partial charge in [0.25, 0.3) is 0 Å².